The van der Waals surface area contributed by atoms with Crippen LogP contribution >= 0.6 is 0 Å². The predicted molar refractivity (Wildman–Crippen MR) is 158 cm³/mol. The van der Waals surface area contributed by atoms with Gasteiger partial charge in [0, 0.05) is 24.4 Å². The fourth-order valence-corrected chi connectivity index (χ4v) is 6.31. The topological polar surface area (TPSA) is 79.6 Å². The van der Waals surface area contributed by atoms with Crippen molar-refractivity contribution in [3.8, 4) is 22.3 Å². The molecule has 2 heterocycles. The summed E-state index contributed by atoms with van der Waals surface area (Å²) < 4.78 is 25.4. The first-order valence-corrected chi connectivity index (χ1v) is 15.5. The maximum atomic E-state index is 13.4. The Morgan fingerprint density at radius 1 is 0.872 bits per heavy atom. The number of likely N-dealkylation sites (tertiary alicyclic amines) is 1. The summed E-state index contributed by atoms with van der Waals surface area (Å²) in [5, 5.41) is 10.6. The quantitative estimate of drug-likeness (QED) is 0.341. The third kappa shape index (κ3) is 5.71. The molecule has 1 fully saturated rings. The van der Waals surface area contributed by atoms with Crippen LogP contribution in [0.2, 0.25) is 0 Å². The van der Waals surface area contributed by atoms with Crippen molar-refractivity contribution in [2.75, 3.05) is 26.0 Å². The van der Waals surface area contributed by atoms with E-state index in [0.717, 1.165) is 41.4 Å². The molecular weight excluding hydrogens is 508 g/mol. The summed E-state index contributed by atoms with van der Waals surface area (Å²) in [5.74, 6) is 0.593. The second kappa shape index (κ2) is 11.1. The lowest BCUT2D eigenvalue weighted by Crippen LogP contribution is -2.37. The lowest BCUT2D eigenvalue weighted by molar-refractivity contribution is 0.172. The number of aliphatic hydroxyl groups is 1. The van der Waals surface area contributed by atoms with Gasteiger partial charge in [0.05, 0.1) is 17.0 Å². The Hall–Kier alpha value is -3.26. The van der Waals surface area contributed by atoms with Gasteiger partial charge >= 0.3 is 0 Å². The first kappa shape index (κ1) is 27.3. The fraction of sp³-hybridized carbons (Fsp3) is 0.344. The molecule has 0 bridgehead atoms. The van der Waals surface area contributed by atoms with Gasteiger partial charge in [0.25, 0.3) is 5.56 Å². The van der Waals surface area contributed by atoms with Gasteiger partial charge in [-0.1, -0.05) is 42.5 Å². The summed E-state index contributed by atoms with van der Waals surface area (Å²) in [7, 11) is -3.33. The Balaban J connectivity index is 1.49. The van der Waals surface area contributed by atoms with E-state index in [1.54, 1.807) is 16.7 Å². The number of fused-ring (bicyclic) bond motifs is 1. The van der Waals surface area contributed by atoms with Gasteiger partial charge in [-0.3, -0.25) is 4.79 Å². The van der Waals surface area contributed by atoms with Gasteiger partial charge in [0.1, 0.15) is 0 Å². The predicted octanol–water partition coefficient (Wildman–Crippen LogP) is 5.32. The fourth-order valence-electron chi connectivity index (χ4n) is 5.67. The highest BCUT2D eigenvalue weighted by molar-refractivity contribution is 7.90. The molecule has 5 rings (SSSR count). The second-order valence-electron chi connectivity index (χ2n) is 10.8. The van der Waals surface area contributed by atoms with Crippen molar-refractivity contribution in [2.24, 2.45) is 0 Å². The molecule has 0 aliphatic carbocycles. The second-order valence-corrected chi connectivity index (χ2v) is 12.9. The minimum atomic E-state index is -3.33. The molecule has 0 amide bonds. The molecule has 3 aromatic carbocycles. The van der Waals surface area contributed by atoms with Gasteiger partial charge in [-0.15, -0.1) is 0 Å². The van der Waals surface area contributed by atoms with Crippen LogP contribution < -0.4 is 5.56 Å². The maximum Gasteiger partial charge on any atom is 0.258 e. The zero-order chi connectivity index (χ0) is 27.7. The Labute approximate surface area is 230 Å². The zero-order valence-electron chi connectivity index (χ0n) is 22.8. The molecule has 0 atom stereocenters. The van der Waals surface area contributed by atoms with E-state index >= 15 is 0 Å². The van der Waals surface area contributed by atoms with Crippen molar-refractivity contribution >= 4 is 20.7 Å². The maximum absolute atomic E-state index is 13.4. The lowest BCUT2D eigenvalue weighted by Gasteiger charge is -2.34. The Morgan fingerprint density at radius 3 is 2.08 bits per heavy atom. The van der Waals surface area contributed by atoms with Gasteiger partial charge in [-0.05, 0) is 104 Å². The molecule has 1 aromatic heterocycles. The normalized spacial score (nSPS) is 15.3. The highest BCUT2D eigenvalue weighted by atomic mass is 32.2. The largest absolute Gasteiger partial charge is 0.395 e. The molecule has 1 N–H and O–H groups in total. The molecule has 0 spiro atoms. The Morgan fingerprint density at radius 2 is 1.49 bits per heavy atom. The average Bonchev–Trinajstić information content (AvgIpc) is 2.94. The van der Waals surface area contributed by atoms with Crippen molar-refractivity contribution in [2.45, 2.75) is 50.1 Å². The van der Waals surface area contributed by atoms with E-state index in [1.807, 2.05) is 18.2 Å². The summed E-state index contributed by atoms with van der Waals surface area (Å²) in [6, 6.07) is 23.7. The van der Waals surface area contributed by atoms with Crippen LogP contribution in [0.5, 0.6) is 0 Å². The van der Waals surface area contributed by atoms with Gasteiger partial charge in [0.2, 0.25) is 0 Å². The minimum absolute atomic E-state index is 0.162. The van der Waals surface area contributed by atoms with Crippen LogP contribution in [0.15, 0.2) is 82.5 Å². The summed E-state index contributed by atoms with van der Waals surface area (Å²) in [6.07, 6.45) is 3.53. The van der Waals surface area contributed by atoms with Crippen LogP contribution in [0.25, 0.3) is 33.2 Å². The van der Waals surface area contributed by atoms with E-state index in [0.29, 0.717) is 23.1 Å². The smallest absolute Gasteiger partial charge is 0.258 e. The standard InChI is InChI=1S/C32H36N2O4S/c1-22(2)33-16-14-25(15-17-33)23-4-6-24(7-5-23)27-10-13-31-28(20-27)21-30(32(36)34(31)18-19-35)26-8-11-29(12-9-26)39(3,37)38/h4-13,20-22,25,35H,14-19H2,1-3H3. The number of piperidine rings is 1. The molecule has 6 nitrogen and oxygen atoms in total. The molecule has 7 heteroatoms. The molecule has 39 heavy (non-hydrogen) atoms. The summed E-state index contributed by atoms with van der Waals surface area (Å²) in [4.78, 5) is 16.1. The number of hydrogen-bond acceptors (Lipinski definition) is 5. The van der Waals surface area contributed by atoms with Crippen molar-refractivity contribution in [3.05, 3.63) is 88.7 Å². The van der Waals surface area contributed by atoms with Crippen LogP contribution in [0, 0.1) is 0 Å². The molecule has 204 valence electrons. The summed E-state index contributed by atoms with van der Waals surface area (Å²) in [6.45, 7) is 6.82. The summed E-state index contributed by atoms with van der Waals surface area (Å²) >= 11 is 0. The van der Waals surface area contributed by atoms with Crippen molar-refractivity contribution in [1.82, 2.24) is 9.47 Å². The highest BCUT2D eigenvalue weighted by Crippen LogP contribution is 2.32. The van der Waals surface area contributed by atoms with Crippen LogP contribution in [0.3, 0.4) is 0 Å². The van der Waals surface area contributed by atoms with Crippen LogP contribution in [0.4, 0.5) is 0 Å². The van der Waals surface area contributed by atoms with Crippen LogP contribution in [-0.4, -0.2) is 55.0 Å². The third-order valence-electron chi connectivity index (χ3n) is 7.99. The lowest BCUT2D eigenvalue weighted by atomic mass is 9.88. The molecule has 1 aliphatic heterocycles. The molecule has 4 aromatic rings. The molecule has 0 unspecified atom stereocenters. The SMILES string of the molecule is CC(C)N1CCC(c2ccc(-c3ccc4c(c3)cc(-c3ccc(S(C)(=O)=O)cc3)c(=O)n4CCO)cc2)CC1. The number of aliphatic hydroxyl groups excluding tert-OH is 1. The molecule has 1 saturated heterocycles. The highest BCUT2D eigenvalue weighted by Gasteiger charge is 2.22. The first-order valence-electron chi connectivity index (χ1n) is 13.6. The number of hydrogen-bond donors (Lipinski definition) is 1. The van der Waals surface area contributed by atoms with E-state index in [2.05, 4.69) is 49.1 Å². The third-order valence-corrected chi connectivity index (χ3v) is 9.11. The van der Waals surface area contributed by atoms with Crippen molar-refractivity contribution in [3.63, 3.8) is 0 Å². The number of aromatic nitrogens is 1. The van der Waals surface area contributed by atoms with Crippen molar-refractivity contribution < 1.29 is 13.5 Å². The first-order chi connectivity index (χ1) is 18.7. The van der Waals surface area contributed by atoms with E-state index in [1.165, 1.54) is 30.5 Å². The van der Waals surface area contributed by atoms with Crippen molar-refractivity contribution in [1.29, 1.82) is 0 Å². The molecule has 1 aliphatic rings. The number of pyridine rings is 1. The van der Waals surface area contributed by atoms with Gasteiger partial charge < -0.3 is 14.6 Å². The number of sulfone groups is 1. The monoisotopic (exact) mass is 544 g/mol. The minimum Gasteiger partial charge on any atom is -0.395 e. The Kier molecular flexibility index (Phi) is 7.76. The van der Waals surface area contributed by atoms with Gasteiger partial charge in [-0.25, -0.2) is 8.42 Å². The van der Waals surface area contributed by atoms with Gasteiger partial charge in [-0.2, -0.15) is 0 Å². The van der Waals surface area contributed by atoms with E-state index < -0.39 is 9.84 Å². The van der Waals surface area contributed by atoms with E-state index in [9.17, 15) is 18.3 Å². The van der Waals surface area contributed by atoms with E-state index in [-0.39, 0.29) is 23.6 Å². The number of rotatable bonds is 7. The van der Waals surface area contributed by atoms with Crippen LogP contribution in [-0.2, 0) is 16.4 Å². The molecular formula is C32H36N2O4S. The average molecular weight is 545 g/mol. The number of benzene rings is 3. The Bertz CT molecular complexity index is 1630. The zero-order valence-corrected chi connectivity index (χ0v) is 23.6. The van der Waals surface area contributed by atoms with Crippen LogP contribution in [0.1, 0.15) is 38.2 Å². The summed E-state index contributed by atoms with van der Waals surface area (Å²) in [5.41, 5.74) is 5.19. The van der Waals surface area contributed by atoms with Gasteiger partial charge in [0.15, 0.2) is 9.84 Å². The van der Waals surface area contributed by atoms with E-state index in [4.69, 9.17) is 0 Å². The number of nitrogens with zero attached hydrogens (tertiary/aromatic N) is 2. The molecule has 0 saturated carbocycles. The molecule has 0 radical (unpaired) electrons.